The van der Waals surface area contributed by atoms with Gasteiger partial charge in [0.1, 0.15) is 0 Å². The molecule has 2 aliphatic heterocycles. The van der Waals surface area contributed by atoms with Crippen LogP contribution in [-0.2, 0) is 9.57 Å². The Morgan fingerprint density at radius 3 is 2.87 bits per heavy atom. The molecule has 3 atom stereocenters. The summed E-state index contributed by atoms with van der Waals surface area (Å²) in [4.78, 5) is 5.66. The molecular formula is C12H15NO2. The summed E-state index contributed by atoms with van der Waals surface area (Å²) >= 11 is 0. The number of hydrogen-bond donors (Lipinski definition) is 0. The summed E-state index contributed by atoms with van der Waals surface area (Å²) in [6.45, 7) is 0.826. The van der Waals surface area contributed by atoms with Gasteiger partial charge >= 0.3 is 0 Å². The van der Waals surface area contributed by atoms with Crippen LogP contribution in [0.25, 0.3) is 0 Å². The molecule has 2 fully saturated rings. The third-order valence-corrected chi connectivity index (χ3v) is 3.29. The van der Waals surface area contributed by atoms with Gasteiger partial charge in [0.2, 0.25) is 0 Å². The van der Waals surface area contributed by atoms with Crippen molar-refractivity contribution in [1.29, 1.82) is 0 Å². The predicted octanol–water partition coefficient (Wildman–Crippen LogP) is 1.97. The van der Waals surface area contributed by atoms with Gasteiger partial charge in [-0.05, 0) is 12.0 Å². The van der Waals surface area contributed by atoms with Crippen molar-refractivity contribution in [1.82, 2.24) is 5.06 Å². The van der Waals surface area contributed by atoms with E-state index < -0.39 is 0 Å². The zero-order valence-corrected chi connectivity index (χ0v) is 8.80. The van der Waals surface area contributed by atoms with E-state index in [0.717, 1.165) is 13.0 Å². The number of rotatable bonds is 1. The van der Waals surface area contributed by atoms with Gasteiger partial charge in [-0.15, -0.1) is 0 Å². The van der Waals surface area contributed by atoms with Crippen LogP contribution in [0.5, 0.6) is 0 Å². The lowest BCUT2D eigenvalue weighted by Gasteiger charge is -2.21. The first kappa shape index (κ1) is 9.33. The second kappa shape index (κ2) is 3.59. The molecule has 3 heteroatoms. The highest BCUT2D eigenvalue weighted by molar-refractivity contribution is 5.20. The number of ether oxygens (including phenoxy) is 1. The topological polar surface area (TPSA) is 21.7 Å². The lowest BCUT2D eigenvalue weighted by Crippen LogP contribution is -2.20. The molecule has 0 unspecified atom stereocenters. The molecule has 0 aliphatic carbocycles. The fraction of sp³-hybridized carbons (Fsp3) is 0.500. The van der Waals surface area contributed by atoms with Gasteiger partial charge < -0.3 is 4.74 Å². The second-order valence-corrected chi connectivity index (χ2v) is 4.20. The summed E-state index contributed by atoms with van der Waals surface area (Å²) < 4.78 is 5.54. The maximum absolute atomic E-state index is 5.66. The van der Waals surface area contributed by atoms with Gasteiger partial charge in [-0.3, -0.25) is 4.84 Å². The highest BCUT2D eigenvalue weighted by Gasteiger charge is 2.45. The van der Waals surface area contributed by atoms with Crippen LogP contribution in [0, 0.1) is 5.92 Å². The van der Waals surface area contributed by atoms with Gasteiger partial charge in [-0.2, -0.15) is 5.06 Å². The maximum Gasteiger partial charge on any atom is 0.182 e. The lowest BCUT2D eigenvalue weighted by atomic mass is 9.92. The highest BCUT2D eigenvalue weighted by atomic mass is 16.8. The number of fused-ring (bicyclic) bond motifs is 1. The van der Waals surface area contributed by atoms with Gasteiger partial charge in [0.25, 0.3) is 0 Å². The smallest absolute Gasteiger partial charge is 0.182 e. The Balaban J connectivity index is 1.91. The Bertz CT molecular complexity index is 341. The molecule has 0 bridgehead atoms. The Morgan fingerprint density at radius 1 is 1.27 bits per heavy atom. The van der Waals surface area contributed by atoms with Crippen molar-refractivity contribution in [3.63, 3.8) is 0 Å². The number of hydroxylamine groups is 2. The van der Waals surface area contributed by atoms with E-state index in [9.17, 15) is 0 Å². The van der Waals surface area contributed by atoms with Crippen molar-refractivity contribution in [3.05, 3.63) is 35.9 Å². The summed E-state index contributed by atoms with van der Waals surface area (Å²) in [6, 6.07) is 10.9. The molecule has 3 rings (SSSR count). The Labute approximate surface area is 89.6 Å². The van der Waals surface area contributed by atoms with Crippen molar-refractivity contribution in [2.45, 2.75) is 18.8 Å². The highest BCUT2D eigenvalue weighted by Crippen LogP contribution is 2.43. The van der Waals surface area contributed by atoms with E-state index in [4.69, 9.17) is 9.57 Å². The van der Waals surface area contributed by atoms with Gasteiger partial charge in [0, 0.05) is 13.0 Å². The molecule has 1 aromatic rings. The molecule has 2 heterocycles. The third kappa shape index (κ3) is 1.47. The normalized spacial score (nSPS) is 35.7. The third-order valence-electron chi connectivity index (χ3n) is 3.29. The predicted molar refractivity (Wildman–Crippen MR) is 55.9 cm³/mol. The van der Waals surface area contributed by atoms with Crippen LogP contribution in [0.2, 0.25) is 0 Å². The van der Waals surface area contributed by atoms with Gasteiger partial charge in [-0.1, -0.05) is 30.3 Å². The number of benzene rings is 1. The molecule has 2 aliphatic rings. The van der Waals surface area contributed by atoms with E-state index in [2.05, 4.69) is 24.3 Å². The van der Waals surface area contributed by atoms with E-state index in [-0.39, 0.29) is 6.29 Å². The fourth-order valence-electron chi connectivity index (χ4n) is 2.60. The molecule has 0 N–H and O–H groups in total. The molecule has 0 saturated carbocycles. The molecule has 15 heavy (non-hydrogen) atoms. The molecule has 1 aromatic carbocycles. The van der Waals surface area contributed by atoms with Crippen LogP contribution >= 0.6 is 0 Å². The maximum atomic E-state index is 5.66. The molecule has 80 valence electrons. The molecular weight excluding hydrogens is 190 g/mol. The SMILES string of the molecule is CN1O[C@@H]2OCC[C@@H]2[C@@H]1c1ccccc1. The van der Waals surface area contributed by atoms with Crippen LogP contribution in [0.1, 0.15) is 18.0 Å². The minimum absolute atomic E-state index is 0.0276. The van der Waals surface area contributed by atoms with Crippen LogP contribution in [0.15, 0.2) is 30.3 Å². The first-order chi connectivity index (χ1) is 7.36. The molecule has 0 spiro atoms. The van der Waals surface area contributed by atoms with Crippen molar-refractivity contribution in [2.24, 2.45) is 5.92 Å². The minimum Gasteiger partial charge on any atom is -0.350 e. The minimum atomic E-state index is -0.0276. The van der Waals surface area contributed by atoms with Crippen molar-refractivity contribution in [3.8, 4) is 0 Å². The Morgan fingerprint density at radius 2 is 2.07 bits per heavy atom. The number of hydrogen-bond acceptors (Lipinski definition) is 3. The van der Waals surface area contributed by atoms with Crippen LogP contribution in [0.3, 0.4) is 0 Å². The first-order valence-electron chi connectivity index (χ1n) is 5.42. The van der Waals surface area contributed by atoms with E-state index in [1.807, 2.05) is 18.2 Å². The van der Waals surface area contributed by atoms with Crippen molar-refractivity contribution < 1.29 is 9.57 Å². The van der Waals surface area contributed by atoms with Crippen LogP contribution in [-0.4, -0.2) is 25.0 Å². The zero-order valence-electron chi connectivity index (χ0n) is 8.80. The molecule has 0 aromatic heterocycles. The van der Waals surface area contributed by atoms with Crippen LogP contribution in [0.4, 0.5) is 0 Å². The molecule has 0 radical (unpaired) electrons. The first-order valence-corrected chi connectivity index (χ1v) is 5.42. The lowest BCUT2D eigenvalue weighted by molar-refractivity contribution is -0.221. The summed E-state index contributed by atoms with van der Waals surface area (Å²) in [5, 5.41) is 1.93. The molecule has 0 amide bonds. The Kier molecular flexibility index (Phi) is 2.24. The van der Waals surface area contributed by atoms with Crippen LogP contribution < -0.4 is 0 Å². The largest absolute Gasteiger partial charge is 0.350 e. The summed E-state index contributed by atoms with van der Waals surface area (Å²) in [5.41, 5.74) is 1.32. The van der Waals surface area contributed by atoms with Gasteiger partial charge in [0.15, 0.2) is 6.29 Å². The van der Waals surface area contributed by atoms with Gasteiger partial charge in [0.05, 0.1) is 12.6 Å². The van der Waals surface area contributed by atoms with E-state index in [1.165, 1.54) is 5.56 Å². The van der Waals surface area contributed by atoms with Crippen molar-refractivity contribution >= 4 is 0 Å². The van der Waals surface area contributed by atoms with Gasteiger partial charge in [-0.25, -0.2) is 0 Å². The summed E-state index contributed by atoms with van der Waals surface area (Å²) in [6.07, 6.45) is 1.06. The Hall–Kier alpha value is -0.900. The second-order valence-electron chi connectivity index (χ2n) is 4.20. The molecule has 3 nitrogen and oxygen atoms in total. The quantitative estimate of drug-likeness (QED) is 0.699. The fourth-order valence-corrected chi connectivity index (χ4v) is 2.60. The standard InChI is InChI=1S/C12H15NO2/c1-13-11(9-5-3-2-4-6-9)10-7-8-14-12(10)15-13/h2-6,10-12H,7-8H2,1H3/t10-,11+,12+/m1/s1. The average Bonchev–Trinajstić information content (AvgIpc) is 2.78. The number of nitrogens with zero attached hydrogens (tertiary/aromatic N) is 1. The summed E-state index contributed by atoms with van der Waals surface area (Å²) in [5.74, 6) is 0.484. The molecule has 2 saturated heterocycles. The zero-order chi connectivity index (χ0) is 10.3. The van der Waals surface area contributed by atoms with E-state index in [0.29, 0.717) is 12.0 Å². The van der Waals surface area contributed by atoms with E-state index in [1.54, 1.807) is 0 Å². The monoisotopic (exact) mass is 205 g/mol. The summed E-state index contributed by atoms with van der Waals surface area (Å²) in [7, 11) is 1.99. The van der Waals surface area contributed by atoms with Crippen molar-refractivity contribution in [2.75, 3.05) is 13.7 Å². The average molecular weight is 205 g/mol. The van der Waals surface area contributed by atoms with E-state index >= 15 is 0 Å².